The van der Waals surface area contributed by atoms with Crippen LogP contribution in [-0.4, -0.2) is 29.2 Å². The van der Waals surface area contributed by atoms with Gasteiger partial charge in [0.15, 0.2) is 0 Å². The lowest BCUT2D eigenvalue weighted by Gasteiger charge is -2.27. The highest BCUT2D eigenvalue weighted by atomic mass is 16.6. The molecule has 0 heterocycles. The Kier molecular flexibility index (Phi) is 4.63. The molecule has 2 rings (SSSR count). The first kappa shape index (κ1) is 14.4. The summed E-state index contributed by atoms with van der Waals surface area (Å²) in [6.07, 6.45) is 0. The summed E-state index contributed by atoms with van der Waals surface area (Å²) in [6.45, 7) is -0.415. The van der Waals surface area contributed by atoms with Crippen LogP contribution in [0.5, 0.6) is 0 Å². The van der Waals surface area contributed by atoms with E-state index in [1.54, 1.807) is 60.7 Å². The van der Waals surface area contributed by atoms with E-state index in [-0.39, 0.29) is 13.2 Å². The molecule has 0 saturated carbocycles. The topological polar surface area (TPSA) is 66.8 Å². The normalized spacial score (nSPS) is 13.7. The SMILES string of the molecule is O=C(c1ccccc1)C(O)(OCCO)c1ccccc1. The van der Waals surface area contributed by atoms with Gasteiger partial charge >= 0.3 is 0 Å². The Balaban J connectivity index is 2.39. The number of hydrogen-bond acceptors (Lipinski definition) is 4. The van der Waals surface area contributed by atoms with Crippen molar-refractivity contribution in [2.75, 3.05) is 13.2 Å². The molecular formula is C16H16O4. The Morgan fingerprint density at radius 3 is 2.10 bits per heavy atom. The van der Waals surface area contributed by atoms with Gasteiger partial charge in [-0.25, -0.2) is 0 Å². The number of hydrogen-bond donors (Lipinski definition) is 2. The van der Waals surface area contributed by atoms with Gasteiger partial charge in [0, 0.05) is 11.1 Å². The van der Waals surface area contributed by atoms with Crippen LogP contribution in [-0.2, 0) is 10.5 Å². The molecule has 0 spiro atoms. The highest BCUT2D eigenvalue weighted by Gasteiger charge is 2.39. The van der Waals surface area contributed by atoms with Gasteiger partial charge in [-0.1, -0.05) is 60.7 Å². The van der Waals surface area contributed by atoms with Gasteiger partial charge in [-0.05, 0) is 0 Å². The van der Waals surface area contributed by atoms with Gasteiger partial charge in [0.1, 0.15) is 0 Å². The number of benzene rings is 2. The van der Waals surface area contributed by atoms with Crippen molar-refractivity contribution >= 4 is 5.78 Å². The van der Waals surface area contributed by atoms with Crippen LogP contribution in [0.1, 0.15) is 15.9 Å². The molecule has 1 atom stereocenters. The van der Waals surface area contributed by atoms with Gasteiger partial charge in [-0.15, -0.1) is 0 Å². The van der Waals surface area contributed by atoms with Crippen LogP contribution in [0.15, 0.2) is 60.7 Å². The van der Waals surface area contributed by atoms with E-state index in [4.69, 9.17) is 9.84 Å². The number of rotatable bonds is 6. The number of carbonyl (C=O) groups excluding carboxylic acids is 1. The maximum Gasteiger partial charge on any atom is 0.258 e. The van der Waals surface area contributed by atoms with E-state index < -0.39 is 11.6 Å². The summed E-state index contributed by atoms with van der Waals surface area (Å²) in [5.74, 6) is -2.65. The molecule has 0 aliphatic heterocycles. The molecule has 0 bridgehead atoms. The van der Waals surface area contributed by atoms with E-state index >= 15 is 0 Å². The summed E-state index contributed by atoms with van der Waals surface area (Å²) in [4.78, 5) is 12.5. The molecule has 2 aromatic rings. The highest BCUT2D eigenvalue weighted by molar-refractivity contribution is 6.01. The van der Waals surface area contributed by atoms with Gasteiger partial charge in [-0.3, -0.25) is 4.79 Å². The van der Waals surface area contributed by atoms with Crippen molar-refractivity contribution in [3.8, 4) is 0 Å². The molecule has 0 radical (unpaired) electrons. The zero-order valence-electron chi connectivity index (χ0n) is 10.9. The van der Waals surface area contributed by atoms with Gasteiger partial charge in [-0.2, -0.15) is 0 Å². The number of carbonyl (C=O) groups is 1. The van der Waals surface area contributed by atoms with E-state index in [9.17, 15) is 9.90 Å². The summed E-state index contributed by atoms with van der Waals surface area (Å²) >= 11 is 0. The number of ether oxygens (including phenoxy) is 1. The van der Waals surface area contributed by atoms with Crippen LogP contribution in [0.2, 0.25) is 0 Å². The molecule has 1 unspecified atom stereocenters. The van der Waals surface area contributed by atoms with E-state index in [0.717, 1.165) is 0 Å². The average molecular weight is 272 g/mol. The summed E-state index contributed by atoms with van der Waals surface area (Å²) in [5, 5.41) is 19.5. The van der Waals surface area contributed by atoms with Gasteiger partial charge in [0.05, 0.1) is 13.2 Å². The fraction of sp³-hybridized carbons (Fsp3) is 0.188. The van der Waals surface area contributed by atoms with Gasteiger partial charge < -0.3 is 14.9 Å². The van der Waals surface area contributed by atoms with E-state index in [2.05, 4.69) is 0 Å². The van der Waals surface area contributed by atoms with E-state index in [1.807, 2.05) is 0 Å². The maximum absolute atomic E-state index is 12.5. The Labute approximate surface area is 117 Å². The van der Waals surface area contributed by atoms with E-state index in [1.165, 1.54) is 0 Å². The summed E-state index contributed by atoms with van der Waals surface area (Å²) in [6, 6.07) is 16.8. The maximum atomic E-state index is 12.5. The van der Waals surface area contributed by atoms with Crippen LogP contribution in [0.3, 0.4) is 0 Å². The molecule has 0 aromatic heterocycles. The Morgan fingerprint density at radius 2 is 1.55 bits per heavy atom. The molecular weight excluding hydrogens is 256 g/mol. The largest absolute Gasteiger partial charge is 0.394 e. The minimum Gasteiger partial charge on any atom is -0.394 e. The number of Topliss-reactive ketones (excluding diaryl/α,β-unsaturated/α-hetero) is 1. The van der Waals surface area contributed by atoms with Gasteiger partial charge in [0.25, 0.3) is 5.79 Å². The fourth-order valence-corrected chi connectivity index (χ4v) is 1.92. The fourth-order valence-electron chi connectivity index (χ4n) is 1.92. The molecule has 4 nitrogen and oxygen atoms in total. The van der Waals surface area contributed by atoms with Crippen LogP contribution in [0, 0.1) is 0 Å². The summed E-state index contributed by atoms with van der Waals surface area (Å²) < 4.78 is 5.24. The van der Waals surface area contributed by atoms with Crippen molar-refractivity contribution in [2.24, 2.45) is 0 Å². The third-order valence-corrected chi connectivity index (χ3v) is 2.91. The van der Waals surface area contributed by atoms with Crippen LogP contribution >= 0.6 is 0 Å². The van der Waals surface area contributed by atoms with Crippen molar-refractivity contribution < 1.29 is 19.7 Å². The molecule has 0 fully saturated rings. The second kappa shape index (κ2) is 6.43. The molecule has 2 N–H and O–H groups in total. The van der Waals surface area contributed by atoms with Crippen molar-refractivity contribution in [3.63, 3.8) is 0 Å². The molecule has 0 saturated heterocycles. The minimum atomic E-state index is -2.09. The second-order valence-electron chi connectivity index (χ2n) is 4.28. The third-order valence-electron chi connectivity index (χ3n) is 2.91. The quantitative estimate of drug-likeness (QED) is 0.620. The lowest BCUT2D eigenvalue weighted by molar-refractivity contribution is -0.178. The number of ketones is 1. The first-order valence-corrected chi connectivity index (χ1v) is 6.31. The molecule has 104 valence electrons. The lowest BCUT2D eigenvalue weighted by atomic mass is 9.96. The van der Waals surface area contributed by atoms with Crippen molar-refractivity contribution in [3.05, 3.63) is 71.8 Å². The molecule has 2 aromatic carbocycles. The lowest BCUT2D eigenvalue weighted by Crippen LogP contribution is -2.39. The van der Waals surface area contributed by atoms with Crippen LogP contribution < -0.4 is 0 Å². The standard InChI is InChI=1S/C16H16O4/c17-11-12-20-16(19,14-9-5-2-6-10-14)15(18)13-7-3-1-4-8-13/h1-10,17,19H,11-12H2. The molecule has 20 heavy (non-hydrogen) atoms. The number of aliphatic hydroxyl groups is 2. The zero-order valence-corrected chi connectivity index (χ0v) is 10.9. The predicted octanol–water partition coefficient (Wildman–Crippen LogP) is 1.72. The Bertz CT molecular complexity index is 553. The molecule has 0 amide bonds. The second-order valence-corrected chi connectivity index (χ2v) is 4.28. The highest BCUT2D eigenvalue weighted by Crippen LogP contribution is 2.27. The molecule has 0 aliphatic carbocycles. The minimum absolute atomic E-state index is 0.135. The summed E-state index contributed by atoms with van der Waals surface area (Å²) in [7, 11) is 0. The monoisotopic (exact) mass is 272 g/mol. The molecule has 0 aliphatic rings. The van der Waals surface area contributed by atoms with E-state index in [0.29, 0.717) is 11.1 Å². The molecule has 4 heteroatoms. The first-order valence-electron chi connectivity index (χ1n) is 6.31. The van der Waals surface area contributed by atoms with Crippen molar-refractivity contribution in [2.45, 2.75) is 5.79 Å². The smallest absolute Gasteiger partial charge is 0.258 e. The number of aliphatic hydroxyl groups excluding tert-OH is 1. The predicted molar refractivity (Wildman–Crippen MR) is 74.1 cm³/mol. The van der Waals surface area contributed by atoms with Crippen molar-refractivity contribution in [1.82, 2.24) is 0 Å². The zero-order chi connectivity index (χ0) is 14.4. The van der Waals surface area contributed by atoms with Crippen molar-refractivity contribution in [1.29, 1.82) is 0 Å². The third kappa shape index (κ3) is 2.93. The first-order chi connectivity index (χ1) is 9.68. The Hall–Kier alpha value is -2.01. The summed E-state index contributed by atoms with van der Waals surface area (Å²) in [5.41, 5.74) is 0.680. The van der Waals surface area contributed by atoms with Crippen LogP contribution in [0.4, 0.5) is 0 Å². The Morgan fingerprint density at radius 1 is 1.00 bits per heavy atom. The van der Waals surface area contributed by atoms with Gasteiger partial charge in [0.2, 0.25) is 5.78 Å². The van der Waals surface area contributed by atoms with Crippen LogP contribution in [0.25, 0.3) is 0 Å². The average Bonchev–Trinajstić information content (AvgIpc) is 2.53.